The van der Waals surface area contributed by atoms with Gasteiger partial charge in [-0.2, -0.15) is 0 Å². The van der Waals surface area contributed by atoms with Crippen LogP contribution >= 0.6 is 0 Å². The number of hydrogen-bond acceptors (Lipinski definition) is 5. The van der Waals surface area contributed by atoms with Crippen molar-refractivity contribution in [3.63, 3.8) is 0 Å². The summed E-state index contributed by atoms with van der Waals surface area (Å²) >= 11 is 0. The normalized spacial score (nSPS) is 11.3. The molecule has 0 heterocycles. The number of carboxylic acids is 1. The smallest absolute Gasteiger partial charge is 0.326 e. The number of ketones is 1. The van der Waals surface area contributed by atoms with Gasteiger partial charge in [0.2, 0.25) is 0 Å². The van der Waals surface area contributed by atoms with Crippen molar-refractivity contribution < 1.29 is 29.0 Å². The second-order valence-corrected chi connectivity index (χ2v) is 9.30. The van der Waals surface area contributed by atoms with E-state index in [0.717, 1.165) is 22.3 Å². The Morgan fingerprint density at radius 2 is 1.49 bits per heavy atom. The first-order valence-electron chi connectivity index (χ1n) is 12.5. The average molecular weight is 532 g/mol. The minimum Gasteiger partial charge on any atom is -0.497 e. The fraction of sp³-hybridized carbons (Fsp3) is 0.267. The Bertz CT molecular complexity index is 1380. The van der Waals surface area contributed by atoms with Gasteiger partial charge in [-0.1, -0.05) is 42.8 Å². The van der Waals surface area contributed by atoms with Crippen LogP contribution in [0.2, 0.25) is 0 Å². The molecule has 0 radical (unpaired) electrons. The van der Waals surface area contributed by atoms with Crippen LogP contribution in [0.5, 0.6) is 5.75 Å². The van der Waals surface area contributed by atoms with Crippen LogP contribution in [0.3, 0.4) is 0 Å². The minimum absolute atomic E-state index is 0.0509. The number of rotatable bonds is 10. The van der Waals surface area contributed by atoms with Crippen molar-refractivity contribution in [2.24, 2.45) is 0 Å². The van der Waals surface area contributed by atoms with E-state index in [1.165, 1.54) is 6.07 Å². The molecule has 204 valence electrons. The van der Waals surface area contributed by atoms with E-state index in [-0.39, 0.29) is 29.9 Å². The second-order valence-electron chi connectivity index (χ2n) is 9.30. The number of amides is 3. The molecule has 0 bridgehead atoms. The lowest BCUT2D eigenvalue weighted by Gasteiger charge is -2.18. The number of aliphatic carboxylic acids is 1. The summed E-state index contributed by atoms with van der Waals surface area (Å²) < 4.78 is 5.22. The molecule has 0 spiro atoms. The molecule has 3 aromatic rings. The number of carbonyl (C=O) groups excluding carboxylic acids is 3. The van der Waals surface area contributed by atoms with Crippen molar-refractivity contribution in [3.05, 3.63) is 76.9 Å². The van der Waals surface area contributed by atoms with Crippen molar-refractivity contribution in [3.8, 4) is 16.9 Å². The summed E-state index contributed by atoms with van der Waals surface area (Å²) in [6.45, 7) is 7.38. The number of urea groups is 1. The fourth-order valence-electron chi connectivity index (χ4n) is 4.26. The summed E-state index contributed by atoms with van der Waals surface area (Å²) in [5.41, 5.74) is 5.24. The molecule has 0 aliphatic carbocycles. The molecule has 1 atom stereocenters. The molecule has 0 aliphatic rings. The number of nitrogens with one attached hydrogen (secondary N) is 3. The van der Waals surface area contributed by atoms with Gasteiger partial charge in [-0.05, 0) is 67.3 Å². The summed E-state index contributed by atoms with van der Waals surface area (Å²) in [5, 5.41) is 17.6. The highest BCUT2D eigenvalue weighted by Gasteiger charge is 2.25. The van der Waals surface area contributed by atoms with E-state index in [9.17, 15) is 24.3 Å². The van der Waals surface area contributed by atoms with Gasteiger partial charge in [-0.15, -0.1) is 0 Å². The zero-order valence-electron chi connectivity index (χ0n) is 22.7. The van der Waals surface area contributed by atoms with Crippen LogP contribution in [-0.2, 0) is 9.59 Å². The number of benzene rings is 3. The van der Waals surface area contributed by atoms with Crippen molar-refractivity contribution >= 4 is 35.1 Å². The van der Waals surface area contributed by atoms with Gasteiger partial charge in [-0.3, -0.25) is 9.59 Å². The van der Waals surface area contributed by atoms with Crippen LogP contribution in [0.4, 0.5) is 16.2 Å². The lowest BCUT2D eigenvalue weighted by molar-refractivity contribution is -0.141. The largest absolute Gasteiger partial charge is 0.497 e. The predicted octanol–water partition coefficient (Wildman–Crippen LogP) is 5.48. The lowest BCUT2D eigenvalue weighted by Crippen LogP contribution is -2.42. The predicted molar refractivity (Wildman–Crippen MR) is 151 cm³/mol. The topological polar surface area (TPSA) is 134 Å². The Balaban J connectivity index is 1.96. The molecule has 0 fully saturated rings. The Labute approximate surface area is 227 Å². The summed E-state index contributed by atoms with van der Waals surface area (Å²) in [7, 11) is 1.57. The van der Waals surface area contributed by atoms with E-state index in [1.54, 1.807) is 38.3 Å². The maximum Gasteiger partial charge on any atom is 0.326 e. The fourth-order valence-corrected chi connectivity index (χ4v) is 4.26. The van der Waals surface area contributed by atoms with Crippen molar-refractivity contribution in [1.82, 2.24) is 5.32 Å². The molecule has 9 heteroatoms. The molecule has 9 nitrogen and oxygen atoms in total. The van der Waals surface area contributed by atoms with Crippen LogP contribution in [-0.4, -0.2) is 41.9 Å². The Kier molecular flexibility index (Phi) is 9.43. The molecule has 0 saturated carbocycles. The van der Waals surface area contributed by atoms with E-state index < -0.39 is 23.9 Å². The third-order valence-corrected chi connectivity index (χ3v) is 6.28. The molecule has 0 saturated heterocycles. The van der Waals surface area contributed by atoms with Crippen LogP contribution in [0.15, 0.2) is 54.6 Å². The highest BCUT2D eigenvalue weighted by atomic mass is 16.5. The molecule has 0 unspecified atom stereocenters. The van der Waals surface area contributed by atoms with E-state index in [4.69, 9.17) is 4.74 Å². The van der Waals surface area contributed by atoms with Crippen LogP contribution in [0, 0.1) is 20.8 Å². The zero-order valence-corrected chi connectivity index (χ0v) is 22.7. The molecule has 3 aromatic carbocycles. The van der Waals surface area contributed by atoms with Crippen molar-refractivity contribution in [2.45, 2.75) is 46.6 Å². The first kappa shape index (κ1) is 28.9. The Morgan fingerprint density at radius 1 is 0.872 bits per heavy atom. The molecular formula is C30H33N3O6. The zero-order chi connectivity index (χ0) is 28.7. The molecular weight excluding hydrogens is 498 g/mol. The minimum atomic E-state index is -1.40. The monoisotopic (exact) mass is 531 g/mol. The summed E-state index contributed by atoms with van der Waals surface area (Å²) in [4.78, 5) is 49.8. The lowest BCUT2D eigenvalue weighted by atomic mass is 10.0. The average Bonchev–Trinajstić information content (AvgIpc) is 2.90. The van der Waals surface area contributed by atoms with Gasteiger partial charge in [0.25, 0.3) is 5.91 Å². The molecule has 0 aromatic heterocycles. The van der Waals surface area contributed by atoms with Gasteiger partial charge < -0.3 is 25.8 Å². The van der Waals surface area contributed by atoms with E-state index in [1.807, 2.05) is 45.0 Å². The number of Topliss-reactive ketones (excluding diaryl/α,β-unsaturated/α-hetero) is 1. The molecule has 3 amide bonds. The first-order valence-corrected chi connectivity index (χ1v) is 12.5. The Hall–Kier alpha value is -4.66. The molecule has 3 rings (SSSR count). The van der Waals surface area contributed by atoms with E-state index in [2.05, 4.69) is 16.0 Å². The van der Waals surface area contributed by atoms with Crippen LogP contribution in [0.1, 0.15) is 46.8 Å². The summed E-state index contributed by atoms with van der Waals surface area (Å²) in [5.74, 6) is -1.67. The number of ether oxygens (including phenoxy) is 1. The molecule has 39 heavy (non-hydrogen) atoms. The molecule has 4 N–H and O–H groups in total. The van der Waals surface area contributed by atoms with Crippen LogP contribution in [0.25, 0.3) is 11.1 Å². The Morgan fingerprint density at radius 3 is 2.05 bits per heavy atom. The van der Waals surface area contributed by atoms with E-state index >= 15 is 0 Å². The number of carboxylic acid groups (broad SMARTS) is 1. The quantitative estimate of drug-likeness (QED) is 0.274. The number of carbonyl (C=O) groups is 4. The number of anilines is 2. The summed E-state index contributed by atoms with van der Waals surface area (Å²) in [6, 6.07) is 14.0. The van der Waals surface area contributed by atoms with E-state index in [0.29, 0.717) is 17.0 Å². The van der Waals surface area contributed by atoms with Gasteiger partial charge >= 0.3 is 12.0 Å². The summed E-state index contributed by atoms with van der Waals surface area (Å²) in [6.07, 6.45) is -0.183. The van der Waals surface area contributed by atoms with Gasteiger partial charge in [0, 0.05) is 18.5 Å². The maximum absolute atomic E-state index is 13.2. The highest BCUT2D eigenvalue weighted by molar-refractivity contribution is 6.08. The molecule has 0 aliphatic heterocycles. The van der Waals surface area contributed by atoms with Crippen molar-refractivity contribution in [2.75, 3.05) is 17.7 Å². The third kappa shape index (κ3) is 7.44. The second kappa shape index (κ2) is 12.7. The highest BCUT2D eigenvalue weighted by Crippen LogP contribution is 2.28. The van der Waals surface area contributed by atoms with Crippen molar-refractivity contribution in [1.29, 1.82) is 0 Å². The van der Waals surface area contributed by atoms with Gasteiger partial charge in [0.1, 0.15) is 17.6 Å². The first-order chi connectivity index (χ1) is 18.5. The number of methoxy groups -OCH3 is 1. The maximum atomic E-state index is 13.2. The standard InChI is InChI=1S/C30H33N3O6/c1-6-22(34)16-26(29(36)37)31-28(35)24-12-9-21(20-7-10-23(39-5)11-8-20)15-25(24)32-30(38)33-27-18(3)13-17(2)14-19(27)4/h7-15,26H,6,16H2,1-5H3,(H,31,35)(H,36,37)(H2,32,33,38)/t26-/m0/s1. The third-order valence-electron chi connectivity index (χ3n) is 6.28. The van der Waals surface area contributed by atoms with Gasteiger partial charge in [-0.25, -0.2) is 9.59 Å². The SMILES string of the molecule is CCC(=O)C[C@H](NC(=O)c1ccc(-c2ccc(OC)cc2)cc1NC(=O)Nc1c(C)cc(C)cc1C)C(=O)O. The van der Waals surface area contributed by atoms with Crippen LogP contribution < -0.4 is 20.7 Å². The number of hydrogen-bond donors (Lipinski definition) is 4. The number of aryl methyl sites for hydroxylation is 3. The van der Waals surface area contributed by atoms with Gasteiger partial charge in [0.15, 0.2) is 0 Å². The van der Waals surface area contributed by atoms with Gasteiger partial charge in [0.05, 0.1) is 18.4 Å².